The van der Waals surface area contributed by atoms with Gasteiger partial charge in [0.25, 0.3) is 0 Å². The fourth-order valence-corrected chi connectivity index (χ4v) is 1.94. The summed E-state index contributed by atoms with van der Waals surface area (Å²) in [5, 5.41) is 8.15. The predicted molar refractivity (Wildman–Crippen MR) is 63.8 cm³/mol. The zero-order valence-corrected chi connectivity index (χ0v) is 9.19. The minimum atomic E-state index is 0.440. The Balaban J connectivity index is 2.13. The number of hydrogen-bond acceptors (Lipinski definition) is 5. The molecule has 4 rings (SSSR count). The van der Waals surface area contributed by atoms with Crippen LogP contribution < -0.4 is 0 Å². The highest BCUT2D eigenvalue weighted by molar-refractivity contribution is 5.75. The fraction of sp³-hybridized carbons (Fsp3) is 0. The van der Waals surface area contributed by atoms with Crippen molar-refractivity contribution in [3.05, 3.63) is 42.9 Å². The Morgan fingerprint density at radius 2 is 1.89 bits per heavy atom. The molecule has 0 fully saturated rings. The van der Waals surface area contributed by atoms with Crippen molar-refractivity contribution < 1.29 is 4.42 Å². The summed E-state index contributed by atoms with van der Waals surface area (Å²) >= 11 is 0. The summed E-state index contributed by atoms with van der Waals surface area (Å²) in [7, 11) is 0. The summed E-state index contributed by atoms with van der Waals surface area (Å²) in [5.41, 5.74) is 2.33. The summed E-state index contributed by atoms with van der Waals surface area (Å²) in [4.78, 5) is 8.29. The minimum Gasteiger partial charge on any atom is -0.420 e. The first-order chi connectivity index (χ1) is 8.93. The van der Waals surface area contributed by atoms with Gasteiger partial charge in [0.15, 0.2) is 17.1 Å². The first-order valence-electron chi connectivity index (χ1n) is 5.42. The lowest BCUT2D eigenvalue weighted by atomic mass is 10.2. The van der Waals surface area contributed by atoms with Gasteiger partial charge in [0.1, 0.15) is 0 Å². The van der Waals surface area contributed by atoms with Gasteiger partial charge >= 0.3 is 5.84 Å². The van der Waals surface area contributed by atoms with E-state index in [1.165, 1.54) is 0 Å². The quantitative estimate of drug-likeness (QED) is 0.506. The van der Waals surface area contributed by atoms with E-state index in [1.807, 2.05) is 24.3 Å². The maximum absolute atomic E-state index is 5.57. The van der Waals surface area contributed by atoms with Crippen molar-refractivity contribution in [1.82, 2.24) is 24.6 Å². The molecule has 0 atom stereocenters. The summed E-state index contributed by atoms with van der Waals surface area (Å²) in [6.45, 7) is 0. The van der Waals surface area contributed by atoms with E-state index in [1.54, 1.807) is 23.0 Å². The average Bonchev–Trinajstić information content (AvgIpc) is 2.98. The molecule has 0 N–H and O–H groups in total. The third kappa shape index (κ3) is 1.17. The van der Waals surface area contributed by atoms with Crippen LogP contribution >= 0.6 is 0 Å². The first kappa shape index (κ1) is 9.29. The Kier molecular flexibility index (Phi) is 1.74. The van der Waals surface area contributed by atoms with E-state index < -0.39 is 0 Å². The number of nitrogens with zero attached hydrogens (tertiary/aromatic N) is 5. The topological polar surface area (TPSA) is 69.1 Å². The molecule has 0 amide bonds. The maximum Gasteiger partial charge on any atom is 0.329 e. The summed E-state index contributed by atoms with van der Waals surface area (Å²) in [5.74, 6) is 1.14. The molecule has 6 nitrogen and oxygen atoms in total. The van der Waals surface area contributed by atoms with Crippen molar-refractivity contribution in [1.29, 1.82) is 0 Å². The number of oxazole rings is 1. The number of rotatable bonds is 1. The van der Waals surface area contributed by atoms with Gasteiger partial charge in [0.05, 0.1) is 0 Å². The lowest BCUT2D eigenvalue weighted by molar-refractivity contribution is 0.637. The lowest BCUT2D eigenvalue weighted by Gasteiger charge is -1.96. The highest BCUT2D eigenvalue weighted by Gasteiger charge is 2.15. The highest BCUT2D eigenvalue weighted by Crippen LogP contribution is 2.23. The van der Waals surface area contributed by atoms with E-state index >= 15 is 0 Å². The fourth-order valence-electron chi connectivity index (χ4n) is 1.94. The molecule has 0 aliphatic carbocycles. The van der Waals surface area contributed by atoms with Crippen LogP contribution in [-0.2, 0) is 0 Å². The van der Waals surface area contributed by atoms with Crippen LogP contribution in [0.15, 0.2) is 47.3 Å². The van der Waals surface area contributed by atoms with Crippen LogP contribution in [0.4, 0.5) is 0 Å². The van der Waals surface area contributed by atoms with Crippen LogP contribution in [0.5, 0.6) is 0 Å². The highest BCUT2D eigenvalue weighted by atomic mass is 16.4. The van der Waals surface area contributed by atoms with Gasteiger partial charge in [-0.05, 0) is 24.3 Å². The van der Waals surface area contributed by atoms with Gasteiger partial charge in [-0.25, -0.2) is 9.38 Å². The van der Waals surface area contributed by atoms with Crippen LogP contribution in [0.25, 0.3) is 28.5 Å². The smallest absolute Gasteiger partial charge is 0.329 e. The molecule has 0 bridgehead atoms. The molecule has 86 valence electrons. The second-order valence-corrected chi connectivity index (χ2v) is 3.80. The van der Waals surface area contributed by atoms with Gasteiger partial charge in [-0.3, -0.25) is 4.98 Å². The number of aromatic nitrogens is 5. The lowest BCUT2D eigenvalue weighted by Crippen LogP contribution is -1.89. The second-order valence-electron chi connectivity index (χ2n) is 3.80. The minimum absolute atomic E-state index is 0.440. The second kappa shape index (κ2) is 3.36. The van der Waals surface area contributed by atoms with E-state index in [0.29, 0.717) is 22.9 Å². The van der Waals surface area contributed by atoms with Gasteiger partial charge < -0.3 is 4.42 Å². The molecule has 0 saturated carbocycles. The van der Waals surface area contributed by atoms with Crippen LogP contribution in [0.1, 0.15) is 0 Å². The molecule has 0 spiro atoms. The van der Waals surface area contributed by atoms with Crippen molar-refractivity contribution in [3.63, 3.8) is 0 Å². The van der Waals surface area contributed by atoms with Crippen molar-refractivity contribution in [2.24, 2.45) is 0 Å². The van der Waals surface area contributed by atoms with Gasteiger partial charge in [-0.15, -0.1) is 5.10 Å². The van der Waals surface area contributed by atoms with Crippen molar-refractivity contribution in [2.75, 3.05) is 0 Å². The molecule has 0 saturated heterocycles. The monoisotopic (exact) mass is 237 g/mol. The zero-order valence-electron chi connectivity index (χ0n) is 9.19. The van der Waals surface area contributed by atoms with E-state index in [9.17, 15) is 0 Å². The van der Waals surface area contributed by atoms with Gasteiger partial charge in [-0.1, -0.05) is 5.10 Å². The van der Waals surface area contributed by atoms with Crippen LogP contribution in [0, 0.1) is 0 Å². The third-order valence-corrected chi connectivity index (χ3v) is 2.74. The first-order valence-corrected chi connectivity index (χ1v) is 5.42. The number of pyridine rings is 2. The maximum atomic E-state index is 5.57. The summed E-state index contributed by atoms with van der Waals surface area (Å²) in [6, 6.07) is 7.43. The summed E-state index contributed by atoms with van der Waals surface area (Å²) < 4.78 is 7.36. The molecule has 0 aliphatic rings. The van der Waals surface area contributed by atoms with Crippen molar-refractivity contribution >= 4 is 17.1 Å². The molecule has 4 aromatic rings. The van der Waals surface area contributed by atoms with Crippen LogP contribution in [-0.4, -0.2) is 24.6 Å². The van der Waals surface area contributed by atoms with E-state index in [-0.39, 0.29) is 0 Å². The van der Waals surface area contributed by atoms with E-state index in [4.69, 9.17) is 4.42 Å². The Labute approximate surface area is 101 Å². The molecule has 0 radical (unpaired) electrons. The molecule has 0 unspecified atom stereocenters. The normalized spacial score (nSPS) is 11.3. The Morgan fingerprint density at radius 1 is 1.00 bits per heavy atom. The van der Waals surface area contributed by atoms with Gasteiger partial charge in [-0.2, -0.15) is 0 Å². The van der Waals surface area contributed by atoms with Gasteiger partial charge in [0, 0.05) is 24.2 Å². The zero-order chi connectivity index (χ0) is 11.9. The molecule has 0 aromatic carbocycles. The van der Waals surface area contributed by atoms with Gasteiger partial charge in [0.2, 0.25) is 0 Å². The third-order valence-electron chi connectivity index (χ3n) is 2.74. The molecule has 18 heavy (non-hydrogen) atoms. The van der Waals surface area contributed by atoms with E-state index in [2.05, 4.69) is 20.2 Å². The summed E-state index contributed by atoms with van der Waals surface area (Å²) in [6.07, 6.45) is 5.14. The molecular weight excluding hydrogens is 230 g/mol. The standard InChI is InChI=1S/C12H7N5O/c1-2-9-11(14-5-1)17-10(15-16-12(17)18-9)8-3-6-13-7-4-8/h1-7H. The largest absolute Gasteiger partial charge is 0.420 e. The SMILES string of the molecule is c1cnc2c(c1)oc1nnc(-c3ccncc3)n12. The van der Waals surface area contributed by atoms with E-state index in [0.717, 1.165) is 5.56 Å². The molecule has 4 aromatic heterocycles. The number of hydrogen-bond donors (Lipinski definition) is 0. The Hall–Kier alpha value is -2.76. The molecular formula is C12H7N5O. The predicted octanol–water partition coefficient (Wildman–Crippen LogP) is 1.93. The van der Waals surface area contributed by atoms with Crippen LogP contribution in [0.3, 0.4) is 0 Å². The van der Waals surface area contributed by atoms with Crippen molar-refractivity contribution in [2.45, 2.75) is 0 Å². The number of fused-ring (bicyclic) bond motifs is 3. The van der Waals surface area contributed by atoms with Crippen molar-refractivity contribution in [3.8, 4) is 11.4 Å². The molecule has 4 heterocycles. The molecule has 0 aliphatic heterocycles. The van der Waals surface area contributed by atoms with Crippen LogP contribution in [0.2, 0.25) is 0 Å². The Morgan fingerprint density at radius 3 is 2.78 bits per heavy atom. The Bertz CT molecular complexity index is 833. The molecule has 6 heteroatoms. The average molecular weight is 237 g/mol.